The van der Waals surface area contributed by atoms with Crippen molar-refractivity contribution in [1.29, 1.82) is 0 Å². The van der Waals surface area contributed by atoms with Crippen LogP contribution in [0.2, 0.25) is 0 Å². The Morgan fingerprint density at radius 2 is 2.08 bits per heavy atom. The van der Waals surface area contributed by atoms with Gasteiger partial charge in [0.1, 0.15) is 0 Å². The third-order valence-corrected chi connectivity index (χ3v) is 5.27. The second-order valence-corrected chi connectivity index (χ2v) is 6.54. The number of carbonyl (C=O) groups is 2. The van der Waals surface area contributed by atoms with E-state index in [2.05, 4.69) is 0 Å². The number of hydrogen-bond donors (Lipinski definition) is 0. The Morgan fingerprint density at radius 3 is 2.92 bits per heavy atom. The van der Waals surface area contributed by atoms with Crippen molar-refractivity contribution in [1.82, 2.24) is 4.90 Å². The predicted octanol–water partition coefficient (Wildman–Crippen LogP) is 2.39. The molecule has 0 saturated carbocycles. The van der Waals surface area contributed by atoms with Crippen LogP contribution in [0.5, 0.6) is 11.5 Å². The van der Waals surface area contributed by atoms with Crippen molar-refractivity contribution in [2.75, 3.05) is 20.4 Å². The first-order valence-electron chi connectivity index (χ1n) is 7.54. The number of nitrogens with zero attached hydrogens (tertiary/aromatic N) is 1. The van der Waals surface area contributed by atoms with E-state index in [1.165, 1.54) is 7.11 Å². The minimum atomic E-state index is -0.706. The summed E-state index contributed by atoms with van der Waals surface area (Å²) >= 11 is 1.60. The highest BCUT2D eigenvalue weighted by Crippen LogP contribution is 2.37. The number of fused-ring (bicyclic) bond motifs is 2. The standard InChI is InChI=1S/C17H15NO5S/c1-21-17(20)15-11-5-7-24-14(11)4-6-18(15)16(19)10-2-3-12-13(8-10)23-9-22-12/h2-3,5,7-8,15H,4,6,9H2,1H3. The molecule has 0 fully saturated rings. The first-order valence-corrected chi connectivity index (χ1v) is 8.41. The van der Waals surface area contributed by atoms with Gasteiger partial charge in [0, 0.05) is 17.0 Å². The maximum atomic E-state index is 13.0. The van der Waals surface area contributed by atoms with Crippen molar-refractivity contribution >= 4 is 23.2 Å². The molecule has 6 nitrogen and oxygen atoms in total. The van der Waals surface area contributed by atoms with Crippen LogP contribution in [0.25, 0.3) is 0 Å². The van der Waals surface area contributed by atoms with Gasteiger partial charge in [0.25, 0.3) is 5.91 Å². The number of hydrogen-bond acceptors (Lipinski definition) is 6. The second-order valence-electron chi connectivity index (χ2n) is 5.54. The van der Waals surface area contributed by atoms with Crippen LogP contribution in [0.15, 0.2) is 29.6 Å². The highest BCUT2D eigenvalue weighted by Gasteiger charge is 2.38. The van der Waals surface area contributed by atoms with Gasteiger partial charge in [-0.25, -0.2) is 4.79 Å². The lowest BCUT2D eigenvalue weighted by Gasteiger charge is -2.34. The van der Waals surface area contributed by atoms with Crippen molar-refractivity contribution in [3.8, 4) is 11.5 Å². The summed E-state index contributed by atoms with van der Waals surface area (Å²) in [6.07, 6.45) is 0.733. The summed E-state index contributed by atoms with van der Waals surface area (Å²) in [5.41, 5.74) is 1.32. The maximum Gasteiger partial charge on any atom is 0.333 e. The molecule has 0 radical (unpaired) electrons. The van der Waals surface area contributed by atoms with Crippen LogP contribution < -0.4 is 9.47 Å². The largest absolute Gasteiger partial charge is 0.467 e. The summed E-state index contributed by atoms with van der Waals surface area (Å²) in [6, 6.07) is 6.24. The summed E-state index contributed by atoms with van der Waals surface area (Å²) in [5, 5.41) is 1.94. The Hall–Kier alpha value is -2.54. The van der Waals surface area contributed by atoms with Crippen molar-refractivity contribution < 1.29 is 23.8 Å². The molecule has 0 N–H and O–H groups in total. The SMILES string of the molecule is COC(=O)C1c2ccsc2CCN1C(=O)c1ccc2c(c1)OCO2. The molecule has 24 heavy (non-hydrogen) atoms. The molecule has 1 aromatic heterocycles. The van der Waals surface area contributed by atoms with Crippen LogP contribution in [0.4, 0.5) is 0 Å². The Morgan fingerprint density at radius 1 is 1.25 bits per heavy atom. The number of ether oxygens (including phenoxy) is 3. The molecule has 2 aromatic rings. The van der Waals surface area contributed by atoms with E-state index in [1.54, 1.807) is 34.4 Å². The number of esters is 1. The summed E-state index contributed by atoms with van der Waals surface area (Å²) < 4.78 is 15.5. The monoisotopic (exact) mass is 345 g/mol. The zero-order chi connectivity index (χ0) is 16.7. The fraction of sp³-hybridized carbons (Fsp3) is 0.294. The van der Waals surface area contributed by atoms with Crippen molar-refractivity contribution in [2.24, 2.45) is 0 Å². The lowest BCUT2D eigenvalue weighted by molar-refractivity contribution is -0.146. The first kappa shape index (κ1) is 15.0. The van der Waals surface area contributed by atoms with E-state index in [-0.39, 0.29) is 12.7 Å². The third kappa shape index (κ3) is 2.32. The van der Waals surface area contributed by atoms with Gasteiger partial charge >= 0.3 is 5.97 Å². The van der Waals surface area contributed by atoms with Crippen molar-refractivity contribution in [3.05, 3.63) is 45.6 Å². The molecule has 0 saturated heterocycles. The van der Waals surface area contributed by atoms with Crippen LogP contribution in [0.1, 0.15) is 26.8 Å². The minimum Gasteiger partial charge on any atom is -0.467 e. The van der Waals surface area contributed by atoms with Gasteiger partial charge in [0.05, 0.1) is 7.11 Å². The molecule has 124 valence electrons. The maximum absolute atomic E-state index is 13.0. The highest BCUT2D eigenvalue weighted by atomic mass is 32.1. The van der Waals surface area contributed by atoms with Crippen LogP contribution in [0.3, 0.4) is 0 Å². The smallest absolute Gasteiger partial charge is 0.333 e. The number of thiophene rings is 1. The number of rotatable bonds is 2. The Balaban J connectivity index is 1.69. The quantitative estimate of drug-likeness (QED) is 0.782. The van der Waals surface area contributed by atoms with E-state index in [4.69, 9.17) is 14.2 Å². The molecule has 0 aliphatic carbocycles. The molecule has 3 heterocycles. The highest BCUT2D eigenvalue weighted by molar-refractivity contribution is 7.10. The van der Waals surface area contributed by atoms with Gasteiger partial charge in [-0.15, -0.1) is 11.3 Å². The summed E-state index contributed by atoms with van der Waals surface area (Å²) in [4.78, 5) is 28.0. The van der Waals surface area contributed by atoms with Gasteiger partial charge in [-0.2, -0.15) is 0 Å². The van der Waals surface area contributed by atoms with Gasteiger partial charge < -0.3 is 19.1 Å². The minimum absolute atomic E-state index is 0.153. The molecule has 0 bridgehead atoms. The molecule has 2 aliphatic rings. The van der Waals surface area contributed by atoms with Gasteiger partial charge in [0.2, 0.25) is 6.79 Å². The molecule has 1 amide bonds. The van der Waals surface area contributed by atoms with Crippen molar-refractivity contribution in [2.45, 2.75) is 12.5 Å². The van der Waals surface area contributed by atoms with Gasteiger partial charge in [0.15, 0.2) is 17.5 Å². The van der Waals surface area contributed by atoms with Gasteiger partial charge in [-0.05, 0) is 41.6 Å². The fourth-order valence-electron chi connectivity index (χ4n) is 3.10. The number of carbonyl (C=O) groups excluding carboxylic acids is 2. The van der Waals surface area contributed by atoms with Crippen LogP contribution in [-0.4, -0.2) is 37.2 Å². The van der Waals surface area contributed by atoms with Crippen LogP contribution in [-0.2, 0) is 16.0 Å². The Bertz CT molecular complexity index is 815. The number of benzene rings is 1. The third-order valence-electron chi connectivity index (χ3n) is 4.27. The summed E-state index contributed by atoms with van der Waals surface area (Å²) in [6.45, 7) is 0.625. The fourth-order valence-corrected chi connectivity index (χ4v) is 4.00. The molecule has 1 aromatic carbocycles. The zero-order valence-corrected chi connectivity index (χ0v) is 13.8. The van der Waals surface area contributed by atoms with E-state index in [1.807, 2.05) is 11.4 Å². The zero-order valence-electron chi connectivity index (χ0n) is 13.0. The average Bonchev–Trinajstić information content (AvgIpc) is 3.27. The van der Waals surface area contributed by atoms with Crippen LogP contribution >= 0.6 is 11.3 Å². The van der Waals surface area contributed by atoms with Crippen molar-refractivity contribution in [3.63, 3.8) is 0 Å². The van der Waals surface area contributed by atoms with Crippen LogP contribution in [0, 0.1) is 0 Å². The molecular formula is C17H15NO5S. The van der Waals surface area contributed by atoms with E-state index in [9.17, 15) is 9.59 Å². The van der Waals surface area contributed by atoms with E-state index in [0.29, 0.717) is 23.6 Å². The topological polar surface area (TPSA) is 65.1 Å². The first-order chi connectivity index (χ1) is 11.7. The summed E-state index contributed by atoms with van der Waals surface area (Å²) in [5.74, 6) is 0.516. The molecule has 1 atom stereocenters. The molecule has 7 heteroatoms. The van der Waals surface area contributed by atoms with Gasteiger partial charge in [-0.3, -0.25) is 4.79 Å². The van der Waals surface area contributed by atoms with Gasteiger partial charge in [-0.1, -0.05) is 0 Å². The Labute approximate surface area is 142 Å². The molecule has 1 unspecified atom stereocenters. The molecule has 2 aliphatic heterocycles. The average molecular weight is 345 g/mol. The van der Waals surface area contributed by atoms with E-state index in [0.717, 1.165) is 16.9 Å². The number of amides is 1. The van der Waals surface area contributed by atoms with E-state index < -0.39 is 12.0 Å². The molecular weight excluding hydrogens is 330 g/mol. The Kier molecular flexibility index (Phi) is 3.65. The lowest BCUT2D eigenvalue weighted by Crippen LogP contribution is -2.43. The summed E-state index contributed by atoms with van der Waals surface area (Å²) in [7, 11) is 1.34. The second kappa shape index (κ2) is 5.83. The number of methoxy groups -OCH3 is 1. The molecule has 4 rings (SSSR count). The lowest BCUT2D eigenvalue weighted by atomic mass is 9.98. The predicted molar refractivity (Wildman–Crippen MR) is 86.4 cm³/mol. The normalized spacial score (nSPS) is 18.2. The molecule has 0 spiro atoms. The van der Waals surface area contributed by atoms with E-state index >= 15 is 0 Å².